The Hall–Kier alpha value is -3.27. The SMILES string of the molecule is CN1CCC(C)(O)C1.CNC(=O)c1c(C)sc2cc(Oc3ccnn4cc(C=O)c(C)c34)ccc12. The van der Waals surface area contributed by atoms with E-state index in [0.29, 0.717) is 22.6 Å². The van der Waals surface area contributed by atoms with Crippen molar-refractivity contribution in [2.75, 3.05) is 27.2 Å². The number of fused-ring (bicyclic) bond motifs is 2. The highest BCUT2D eigenvalue weighted by atomic mass is 32.1. The van der Waals surface area contributed by atoms with Gasteiger partial charge >= 0.3 is 0 Å². The molecular formula is C26H30N4O4S. The second kappa shape index (κ2) is 9.77. The van der Waals surface area contributed by atoms with E-state index in [1.807, 2.05) is 46.0 Å². The molecule has 1 amide bonds. The van der Waals surface area contributed by atoms with Crippen molar-refractivity contribution in [3.63, 3.8) is 0 Å². The van der Waals surface area contributed by atoms with Crippen LogP contribution in [0.4, 0.5) is 0 Å². The zero-order valence-electron chi connectivity index (χ0n) is 20.6. The van der Waals surface area contributed by atoms with E-state index in [0.717, 1.165) is 51.8 Å². The quantitative estimate of drug-likeness (QED) is 0.413. The van der Waals surface area contributed by atoms with Gasteiger partial charge in [-0.25, -0.2) is 4.52 Å². The van der Waals surface area contributed by atoms with Gasteiger partial charge in [-0.2, -0.15) is 5.10 Å². The van der Waals surface area contributed by atoms with Crippen molar-refractivity contribution in [3.05, 3.63) is 58.2 Å². The molecule has 0 saturated carbocycles. The van der Waals surface area contributed by atoms with Gasteiger partial charge in [-0.3, -0.25) is 9.59 Å². The number of aldehydes is 1. The average molecular weight is 495 g/mol. The Morgan fingerprint density at radius 3 is 2.69 bits per heavy atom. The summed E-state index contributed by atoms with van der Waals surface area (Å²) in [6.45, 7) is 7.55. The molecule has 35 heavy (non-hydrogen) atoms. The molecule has 184 valence electrons. The molecule has 1 aliphatic rings. The van der Waals surface area contributed by atoms with Crippen LogP contribution in [0.25, 0.3) is 15.6 Å². The number of hydrogen-bond acceptors (Lipinski definition) is 7. The molecule has 3 aromatic heterocycles. The number of nitrogens with zero attached hydrogens (tertiary/aromatic N) is 3. The first kappa shape index (κ1) is 24.8. The predicted molar refractivity (Wildman–Crippen MR) is 138 cm³/mol. The van der Waals surface area contributed by atoms with Crippen molar-refractivity contribution in [2.24, 2.45) is 0 Å². The maximum atomic E-state index is 12.1. The lowest BCUT2D eigenvalue weighted by Crippen LogP contribution is -2.27. The van der Waals surface area contributed by atoms with E-state index in [1.54, 1.807) is 41.4 Å². The van der Waals surface area contributed by atoms with Crippen molar-refractivity contribution < 1.29 is 19.4 Å². The van der Waals surface area contributed by atoms with Gasteiger partial charge in [0, 0.05) is 52.9 Å². The zero-order valence-corrected chi connectivity index (χ0v) is 21.4. The summed E-state index contributed by atoms with van der Waals surface area (Å²) in [6, 6.07) is 7.45. The molecule has 1 aliphatic heterocycles. The van der Waals surface area contributed by atoms with Crippen LogP contribution >= 0.6 is 11.3 Å². The van der Waals surface area contributed by atoms with Crippen molar-refractivity contribution in [2.45, 2.75) is 32.8 Å². The number of amides is 1. The molecular weight excluding hydrogens is 464 g/mol. The van der Waals surface area contributed by atoms with E-state index in [4.69, 9.17) is 4.74 Å². The maximum Gasteiger partial charge on any atom is 0.252 e. The summed E-state index contributed by atoms with van der Waals surface area (Å²) in [4.78, 5) is 26.4. The number of aromatic nitrogens is 2. The van der Waals surface area contributed by atoms with Gasteiger partial charge in [0.2, 0.25) is 0 Å². The Morgan fingerprint density at radius 2 is 2.09 bits per heavy atom. The minimum atomic E-state index is -0.408. The molecule has 1 atom stereocenters. The van der Waals surface area contributed by atoms with Gasteiger partial charge in [-0.15, -0.1) is 11.3 Å². The molecule has 9 heteroatoms. The second-order valence-electron chi connectivity index (χ2n) is 9.17. The number of ether oxygens (including phenoxy) is 1. The minimum Gasteiger partial charge on any atom is -0.455 e. The van der Waals surface area contributed by atoms with Crippen molar-refractivity contribution in [1.29, 1.82) is 0 Å². The standard InChI is InChI=1S/C20H17N3O3S.C6H13NO/c1-11-13(10-24)9-23-19(11)16(6-7-22-23)26-14-4-5-15-17(8-14)27-12(2)18(15)20(25)21-3;1-6(8)3-4-7(2)5-6/h4-10H,1-3H3,(H,21,25);8H,3-5H2,1-2H3. The molecule has 0 spiro atoms. The minimum absolute atomic E-state index is 0.0894. The molecule has 8 nitrogen and oxygen atoms in total. The molecule has 0 radical (unpaired) electrons. The summed E-state index contributed by atoms with van der Waals surface area (Å²) in [6.07, 6.45) is 5.05. The van der Waals surface area contributed by atoms with Gasteiger partial charge in [-0.1, -0.05) is 0 Å². The van der Waals surface area contributed by atoms with Crippen LogP contribution in [-0.2, 0) is 0 Å². The highest BCUT2D eigenvalue weighted by Gasteiger charge is 2.28. The lowest BCUT2D eigenvalue weighted by Gasteiger charge is -2.14. The van der Waals surface area contributed by atoms with Crippen LogP contribution in [0.5, 0.6) is 11.5 Å². The number of rotatable bonds is 4. The van der Waals surface area contributed by atoms with Crippen molar-refractivity contribution in [3.8, 4) is 11.5 Å². The number of carbonyl (C=O) groups is 2. The molecule has 1 unspecified atom stereocenters. The molecule has 0 aliphatic carbocycles. The number of β-amino-alcohol motifs (C(OH)–C–C–N with tert-alkyl or cyclic N) is 1. The largest absolute Gasteiger partial charge is 0.455 e. The Labute approximate surface area is 208 Å². The number of aliphatic hydroxyl groups is 1. The van der Waals surface area contributed by atoms with Crippen molar-refractivity contribution >= 4 is 39.1 Å². The molecule has 1 aromatic carbocycles. The Balaban J connectivity index is 0.000000308. The van der Waals surface area contributed by atoms with E-state index in [2.05, 4.69) is 15.3 Å². The number of aryl methyl sites for hydroxylation is 2. The number of likely N-dealkylation sites (N-methyl/N-ethyl adjacent to an activating group) is 1. The summed E-state index contributed by atoms with van der Waals surface area (Å²) in [7, 11) is 3.66. The van der Waals surface area contributed by atoms with Gasteiger partial charge in [-0.05, 0) is 58.0 Å². The second-order valence-corrected chi connectivity index (χ2v) is 10.4. The highest BCUT2D eigenvalue weighted by Crippen LogP contribution is 2.36. The normalized spacial score (nSPS) is 17.9. The molecule has 5 rings (SSSR count). The van der Waals surface area contributed by atoms with E-state index in [-0.39, 0.29) is 5.91 Å². The number of nitrogens with one attached hydrogen (secondary N) is 1. The monoisotopic (exact) mass is 494 g/mol. The van der Waals surface area contributed by atoms with Gasteiger partial charge in [0.15, 0.2) is 12.0 Å². The number of thiophene rings is 1. The summed E-state index contributed by atoms with van der Waals surface area (Å²) >= 11 is 1.56. The number of carbonyl (C=O) groups excluding carboxylic acids is 2. The Bertz CT molecular complexity index is 1410. The molecule has 4 heterocycles. The fraction of sp³-hybridized carbons (Fsp3) is 0.346. The first-order chi connectivity index (χ1) is 16.6. The lowest BCUT2D eigenvalue weighted by atomic mass is 10.1. The smallest absolute Gasteiger partial charge is 0.252 e. The fourth-order valence-corrected chi connectivity index (χ4v) is 5.50. The molecule has 4 aromatic rings. The van der Waals surface area contributed by atoms with Crippen LogP contribution < -0.4 is 10.1 Å². The van der Waals surface area contributed by atoms with Crippen LogP contribution in [0.3, 0.4) is 0 Å². The van der Waals surface area contributed by atoms with Crippen LogP contribution in [-0.4, -0.2) is 64.6 Å². The lowest BCUT2D eigenvalue weighted by molar-refractivity contribution is 0.0718. The van der Waals surface area contributed by atoms with E-state index < -0.39 is 5.60 Å². The van der Waals surface area contributed by atoms with Crippen LogP contribution in [0, 0.1) is 13.8 Å². The van der Waals surface area contributed by atoms with E-state index in [1.165, 1.54) is 0 Å². The maximum absolute atomic E-state index is 12.1. The van der Waals surface area contributed by atoms with E-state index >= 15 is 0 Å². The first-order valence-corrected chi connectivity index (χ1v) is 12.2. The predicted octanol–water partition coefficient (Wildman–Crippen LogP) is 4.20. The first-order valence-electron chi connectivity index (χ1n) is 11.4. The molecule has 1 saturated heterocycles. The number of benzene rings is 1. The Morgan fingerprint density at radius 1 is 1.31 bits per heavy atom. The third kappa shape index (κ3) is 5.07. The average Bonchev–Trinajstić information content (AvgIpc) is 3.44. The van der Waals surface area contributed by atoms with Gasteiger partial charge < -0.3 is 20.1 Å². The van der Waals surface area contributed by atoms with E-state index in [9.17, 15) is 14.7 Å². The molecule has 2 N–H and O–H groups in total. The Kier molecular flexibility index (Phi) is 6.93. The van der Waals surface area contributed by atoms with Gasteiger partial charge in [0.1, 0.15) is 11.3 Å². The molecule has 0 bridgehead atoms. The topological polar surface area (TPSA) is 96.2 Å². The summed E-state index contributed by atoms with van der Waals surface area (Å²) in [5.41, 5.74) is 2.46. The zero-order chi connectivity index (χ0) is 25.3. The summed E-state index contributed by atoms with van der Waals surface area (Å²) in [5, 5.41) is 17.2. The van der Waals surface area contributed by atoms with Crippen molar-refractivity contribution in [1.82, 2.24) is 19.8 Å². The van der Waals surface area contributed by atoms with Gasteiger partial charge in [0.25, 0.3) is 5.91 Å². The van der Waals surface area contributed by atoms with Crippen LogP contribution in [0.15, 0.2) is 36.7 Å². The van der Waals surface area contributed by atoms with Gasteiger partial charge in [0.05, 0.1) is 17.4 Å². The van der Waals surface area contributed by atoms with Crippen LogP contribution in [0.1, 0.15) is 44.5 Å². The highest BCUT2D eigenvalue weighted by molar-refractivity contribution is 7.19. The number of hydrogen-bond donors (Lipinski definition) is 2. The summed E-state index contributed by atoms with van der Waals surface area (Å²) in [5.74, 6) is 1.19. The third-order valence-corrected chi connectivity index (χ3v) is 7.29. The number of likely N-dealkylation sites (tertiary alicyclic amines) is 1. The molecule has 1 fully saturated rings. The summed E-state index contributed by atoms with van der Waals surface area (Å²) < 4.78 is 8.73. The fourth-order valence-electron chi connectivity index (χ4n) is 4.41. The van der Waals surface area contributed by atoms with Crippen LogP contribution in [0.2, 0.25) is 0 Å². The third-order valence-electron chi connectivity index (χ3n) is 6.22.